The lowest BCUT2D eigenvalue weighted by atomic mass is 9.99. The zero-order valence-corrected chi connectivity index (χ0v) is 14.5. The van der Waals surface area contributed by atoms with E-state index in [1.54, 1.807) is 53.5 Å². The summed E-state index contributed by atoms with van der Waals surface area (Å²) in [6.45, 7) is 0.500. The minimum atomic E-state index is -0.498. The van der Waals surface area contributed by atoms with Crippen molar-refractivity contribution in [3.8, 4) is 0 Å². The maximum Gasteiger partial charge on any atom is 0.273 e. The van der Waals surface area contributed by atoms with Crippen molar-refractivity contribution in [1.82, 2.24) is 34.3 Å². The second-order valence-corrected chi connectivity index (χ2v) is 6.51. The second kappa shape index (κ2) is 5.76. The molecule has 5 heterocycles. The lowest BCUT2D eigenvalue weighted by Gasteiger charge is -2.33. The van der Waals surface area contributed by atoms with Gasteiger partial charge in [-0.25, -0.2) is 13.9 Å². The number of carbonyl (C=O) groups is 1. The SMILES string of the molecule is Cn1nccc1C(=O)N1CCc2[nH]cnc2[C@@H]1c1cc2c(F)cccn2n1. The van der Waals surface area contributed by atoms with Gasteiger partial charge in [-0.05, 0) is 24.3 Å². The summed E-state index contributed by atoms with van der Waals surface area (Å²) < 4.78 is 17.2. The van der Waals surface area contributed by atoms with Crippen LogP contribution in [-0.2, 0) is 13.5 Å². The summed E-state index contributed by atoms with van der Waals surface area (Å²) in [4.78, 5) is 22.5. The highest BCUT2D eigenvalue weighted by atomic mass is 19.1. The number of fused-ring (bicyclic) bond motifs is 2. The number of aromatic nitrogens is 6. The summed E-state index contributed by atoms with van der Waals surface area (Å²) in [6, 6.07) is 5.84. The number of nitrogens with one attached hydrogen (secondary N) is 1. The summed E-state index contributed by atoms with van der Waals surface area (Å²) in [6.07, 6.45) is 5.55. The highest BCUT2D eigenvalue weighted by molar-refractivity contribution is 5.93. The number of carbonyl (C=O) groups excluding carboxylic acids is 1. The number of pyridine rings is 1. The zero-order chi connectivity index (χ0) is 18.5. The molecule has 0 spiro atoms. The zero-order valence-electron chi connectivity index (χ0n) is 14.5. The molecule has 0 fully saturated rings. The average Bonchev–Trinajstić information content (AvgIpc) is 3.39. The van der Waals surface area contributed by atoms with E-state index in [9.17, 15) is 9.18 Å². The molecule has 136 valence electrons. The molecule has 0 aromatic carbocycles. The van der Waals surface area contributed by atoms with Crippen molar-refractivity contribution in [2.75, 3.05) is 6.54 Å². The van der Waals surface area contributed by atoms with E-state index in [2.05, 4.69) is 20.2 Å². The summed E-state index contributed by atoms with van der Waals surface area (Å²) in [5, 5.41) is 8.61. The third kappa shape index (κ3) is 2.35. The van der Waals surface area contributed by atoms with Gasteiger partial charge in [-0.15, -0.1) is 0 Å². The van der Waals surface area contributed by atoms with Crippen molar-refractivity contribution in [1.29, 1.82) is 0 Å². The Hall–Kier alpha value is -3.49. The molecule has 1 amide bonds. The van der Waals surface area contributed by atoms with Crippen LogP contribution in [-0.4, -0.2) is 46.7 Å². The Labute approximate surface area is 153 Å². The van der Waals surface area contributed by atoms with E-state index in [0.29, 0.717) is 29.9 Å². The number of halogens is 1. The van der Waals surface area contributed by atoms with Gasteiger partial charge in [0.15, 0.2) is 0 Å². The fourth-order valence-corrected chi connectivity index (χ4v) is 3.66. The van der Waals surface area contributed by atoms with Gasteiger partial charge in [-0.3, -0.25) is 9.48 Å². The number of rotatable bonds is 2. The standard InChI is InChI=1S/C18H16FN7O/c1-24-14(4-6-22-24)18(27)25-8-5-12-16(21-10-20-12)17(25)13-9-15-11(19)3-2-7-26(15)23-13/h2-4,6-7,9-10,17H,5,8H2,1H3,(H,20,21)/t17-/m0/s1. The highest BCUT2D eigenvalue weighted by Gasteiger charge is 2.37. The summed E-state index contributed by atoms with van der Waals surface area (Å²) >= 11 is 0. The summed E-state index contributed by atoms with van der Waals surface area (Å²) in [5.74, 6) is -0.523. The molecule has 5 rings (SSSR count). The van der Waals surface area contributed by atoms with Crippen LogP contribution in [0, 0.1) is 5.82 Å². The molecule has 0 unspecified atom stereocenters. The number of aromatic amines is 1. The van der Waals surface area contributed by atoms with Gasteiger partial charge < -0.3 is 9.88 Å². The van der Waals surface area contributed by atoms with E-state index in [1.807, 2.05) is 0 Å². The minimum Gasteiger partial charge on any atom is -0.348 e. The molecular weight excluding hydrogens is 349 g/mol. The predicted molar refractivity (Wildman–Crippen MR) is 93.5 cm³/mol. The van der Waals surface area contributed by atoms with Gasteiger partial charge >= 0.3 is 0 Å². The number of H-pyrrole nitrogens is 1. The topological polar surface area (TPSA) is 84.1 Å². The van der Waals surface area contributed by atoms with E-state index < -0.39 is 6.04 Å². The van der Waals surface area contributed by atoms with Crippen molar-refractivity contribution < 1.29 is 9.18 Å². The van der Waals surface area contributed by atoms with Crippen molar-refractivity contribution >= 4 is 11.4 Å². The highest BCUT2D eigenvalue weighted by Crippen LogP contribution is 2.34. The van der Waals surface area contributed by atoms with Crippen molar-refractivity contribution in [3.05, 3.63) is 71.6 Å². The van der Waals surface area contributed by atoms with Crippen LogP contribution >= 0.6 is 0 Å². The number of hydrogen-bond acceptors (Lipinski definition) is 4. The molecule has 1 aliphatic rings. The molecule has 4 aromatic heterocycles. The van der Waals surface area contributed by atoms with Gasteiger partial charge in [0.05, 0.1) is 17.7 Å². The minimum absolute atomic E-state index is 0.161. The number of amides is 1. The smallest absolute Gasteiger partial charge is 0.273 e. The summed E-state index contributed by atoms with van der Waals surface area (Å²) in [7, 11) is 1.73. The number of aryl methyl sites for hydroxylation is 1. The van der Waals surface area contributed by atoms with Gasteiger partial charge in [0.1, 0.15) is 23.1 Å². The van der Waals surface area contributed by atoms with Crippen LogP contribution in [0.4, 0.5) is 4.39 Å². The first-order valence-corrected chi connectivity index (χ1v) is 8.58. The first-order chi connectivity index (χ1) is 13.1. The van der Waals surface area contributed by atoms with Crippen LogP contribution in [0.15, 0.2) is 43.0 Å². The third-order valence-electron chi connectivity index (χ3n) is 4.98. The maximum absolute atomic E-state index is 14.2. The number of imidazole rings is 1. The van der Waals surface area contributed by atoms with E-state index >= 15 is 0 Å². The average molecular weight is 365 g/mol. The molecule has 9 heteroatoms. The lowest BCUT2D eigenvalue weighted by Crippen LogP contribution is -2.41. The Kier molecular flexibility index (Phi) is 3.36. The van der Waals surface area contributed by atoms with Gasteiger partial charge in [-0.1, -0.05) is 0 Å². The first-order valence-electron chi connectivity index (χ1n) is 8.58. The first kappa shape index (κ1) is 15.7. The van der Waals surface area contributed by atoms with E-state index in [1.165, 1.54) is 10.6 Å². The van der Waals surface area contributed by atoms with Crippen LogP contribution in [0.1, 0.15) is 33.6 Å². The molecular formula is C18H16FN7O. The van der Waals surface area contributed by atoms with Gasteiger partial charge in [0, 0.05) is 38.1 Å². The fraction of sp³-hybridized carbons (Fsp3) is 0.222. The van der Waals surface area contributed by atoms with E-state index in [0.717, 1.165) is 11.4 Å². The fourth-order valence-electron chi connectivity index (χ4n) is 3.66. The Morgan fingerprint density at radius 2 is 2.26 bits per heavy atom. The third-order valence-corrected chi connectivity index (χ3v) is 4.98. The predicted octanol–water partition coefficient (Wildman–Crippen LogP) is 1.72. The molecule has 0 bridgehead atoms. The largest absolute Gasteiger partial charge is 0.348 e. The van der Waals surface area contributed by atoms with Crippen LogP contribution in [0.3, 0.4) is 0 Å². The van der Waals surface area contributed by atoms with Crippen molar-refractivity contribution in [3.63, 3.8) is 0 Å². The Bertz CT molecular complexity index is 1160. The molecule has 27 heavy (non-hydrogen) atoms. The van der Waals surface area contributed by atoms with Crippen LogP contribution in [0.25, 0.3) is 5.52 Å². The van der Waals surface area contributed by atoms with Crippen molar-refractivity contribution in [2.45, 2.75) is 12.5 Å². The van der Waals surface area contributed by atoms with Crippen LogP contribution in [0.5, 0.6) is 0 Å². The number of nitrogens with zero attached hydrogens (tertiary/aromatic N) is 6. The Morgan fingerprint density at radius 1 is 1.37 bits per heavy atom. The van der Waals surface area contributed by atoms with Crippen LogP contribution < -0.4 is 0 Å². The van der Waals surface area contributed by atoms with Crippen molar-refractivity contribution in [2.24, 2.45) is 7.05 Å². The molecule has 8 nitrogen and oxygen atoms in total. The normalized spacial score (nSPS) is 16.7. The monoisotopic (exact) mass is 365 g/mol. The maximum atomic E-state index is 14.2. The van der Waals surface area contributed by atoms with E-state index in [4.69, 9.17) is 0 Å². The Morgan fingerprint density at radius 3 is 3.04 bits per heavy atom. The molecule has 1 aliphatic heterocycles. The van der Waals surface area contributed by atoms with Gasteiger partial charge in [0.2, 0.25) is 0 Å². The Balaban J connectivity index is 1.66. The molecule has 0 saturated heterocycles. The van der Waals surface area contributed by atoms with Crippen LogP contribution in [0.2, 0.25) is 0 Å². The van der Waals surface area contributed by atoms with E-state index in [-0.39, 0.29) is 11.7 Å². The molecule has 4 aromatic rings. The van der Waals surface area contributed by atoms with Gasteiger partial charge in [0.25, 0.3) is 5.91 Å². The number of hydrogen-bond donors (Lipinski definition) is 1. The quantitative estimate of drug-likeness (QED) is 0.586. The summed E-state index contributed by atoms with van der Waals surface area (Å²) in [5.41, 5.74) is 3.12. The molecule has 1 atom stereocenters. The van der Waals surface area contributed by atoms with Gasteiger partial charge in [-0.2, -0.15) is 10.2 Å². The molecule has 0 saturated carbocycles. The second-order valence-electron chi connectivity index (χ2n) is 6.51. The molecule has 0 aliphatic carbocycles. The molecule has 0 radical (unpaired) electrons. The molecule has 1 N–H and O–H groups in total. The lowest BCUT2D eigenvalue weighted by molar-refractivity contribution is 0.0675.